The fraction of sp³-hybridized carbons (Fsp3) is 0.160. The molecule has 0 atom stereocenters. The number of aryl methyl sites for hydroxylation is 1. The molecule has 150 valence electrons. The van der Waals surface area contributed by atoms with E-state index in [-0.39, 0.29) is 0 Å². The van der Waals surface area contributed by atoms with Crippen molar-refractivity contribution in [1.82, 2.24) is 0 Å². The van der Waals surface area contributed by atoms with Gasteiger partial charge >= 0.3 is 183 Å². The Kier molecular flexibility index (Phi) is 5.30. The van der Waals surface area contributed by atoms with Gasteiger partial charge in [0.2, 0.25) is 0 Å². The summed E-state index contributed by atoms with van der Waals surface area (Å²) < 4.78 is 11.6. The summed E-state index contributed by atoms with van der Waals surface area (Å²) in [7, 11) is 2.18. The quantitative estimate of drug-likeness (QED) is 0.226. The molecule has 2 aromatic carbocycles. The maximum absolute atomic E-state index is 6.21. The summed E-state index contributed by atoms with van der Waals surface area (Å²) >= 11 is 1.04. The molecule has 5 heteroatoms. The number of hydrogen-bond donors (Lipinski definition) is 0. The van der Waals surface area contributed by atoms with Crippen molar-refractivity contribution in [1.29, 1.82) is 0 Å². The second-order valence-corrected chi connectivity index (χ2v) is 12.7. The number of anilines is 1. The van der Waals surface area contributed by atoms with E-state index in [1.54, 1.807) is 3.34 Å². The minimum atomic E-state index is 0.471. The van der Waals surface area contributed by atoms with Crippen molar-refractivity contribution in [2.24, 2.45) is 0 Å². The molecule has 5 rings (SSSR count). The van der Waals surface area contributed by atoms with Gasteiger partial charge in [0.25, 0.3) is 0 Å². The molecule has 0 N–H and O–H groups in total. The predicted octanol–water partition coefficient (Wildman–Crippen LogP) is 4.23. The van der Waals surface area contributed by atoms with Gasteiger partial charge in [0.15, 0.2) is 0 Å². The summed E-state index contributed by atoms with van der Waals surface area (Å²) in [6, 6.07) is 15.0. The number of oxazole rings is 1. The van der Waals surface area contributed by atoms with Crippen LogP contribution in [0, 0.1) is 0 Å². The number of rotatable bonds is 4. The van der Waals surface area contributed by atoms with Crippen molar-refractivity contribution >= 4 is 66.4 Å². The zero-order chi connectivity index (χ0) is 20.7. The third kappa shape index (κ3) is 3.42. The van der Waals surface area contributed by atoms with Crippen LogP contribution in [-0.4, -0.2) is 36.5 Å². The molecule has 0 saturated heterocycles. The van der Waals surface area contributed by atoms with Crippen LogP contribution in [0.4, 0.5) is 5.69 Å². The zero-order valence-corrected chi connectivity index (χ0v) is 20.7. The summed E-state index contributed by atoms with van der Waals surface area (Å²) in [6.07, 6.45) is 8.74. The van der Waals surface area contributed by atoms with Crippen LogP contribution in [0.25, 0.3) is 27.9 Å². The van der Waals surface area contributed by atoms with Gasteiger partial charge in [-0.2, -0.15) is 0 Å². The van der Waals surface area contributed by atoms with Gasteiger partial charge in [0, 0.05) is 0 Å². The Balaban J connectivity index is 1.45. The first-order valence-electron chi connectivity index (χ1n) is 10.1. The average molecular weight is 525 g/mol. The van der Waals surface area contributed by atoms with E-state index in [4.69, 9.17) is 4.42 Å². The van der Waals surface area contributed by atoms with Gasteiger partial charge in [-0.15, -0.1) is 0 Å². The number of fused-ring (bicyclic) bond motifs is 4. The number of nitrogens with zero attached hydrogens (tertiary/aromatic N) is 2. The fourth-order valence-corrected chi connectivity index (χ4v) is 9.16. The van der Waals surface area contributed by atoms with Gasteiger partial charge < -0.3 is 0 Å². The van der Waals surface area contributed by atoms with Crippen molar-refractivity contribution in [3.8, 4) is 0 Å². The molecule has 0 aliphatic carbocycles. The molecule has 0 radical (unpaired) electrons. The number of allylic oxidation sites excluding steroid dienone is 4. The van der Waals surface area contributed by atoms with E-state index in [9.17, 15) is 0 Å². The Bertz CT molecular complexity index is 1340. The molecule has 0 fully saturated rings. The van der Waals surface area contributed by atoms with Crippen molar-refractivity contribution in [3.63, 3.8) is 0 Å². The molecule has 2 aromatic heterocycles. The van der Waals surface area contributed by atoms with Crippen LogP contribution in [0.2, 0.25) is 0 Å². The van der Waals surface area contributed by atoms with Crippen molar-refractivity contribution in [3.05, 3.63) is 81.7 Å². The van der Waals surface area contributed by atoms with Gasteiger partial charge in [-0.3, -0.25) is 0 Å². The summed E-state index contributed by atoms with van der Waals surface area (Å²) in [4.78, 5) is 4.68. The topological polar surface area (TPSA) is 20.3 Å². The predicted molar refractivity (Wildman–Crippen MR) is 128 cm³/mol. The van der Waals surface area contributed by atoms with Crippen molar-refractivity contribution in [2.75, 3.05) is 11.9 Å². The normalized spacial score (nSPS) is 15.9. The zero-order valence-electron chi connectivity index (χ0n) is 17.3. The number of aromatic nitrogens is 1. The van der Waals surface area contributed by atoms with Crippen LogP contribution in [0.1, 0.15) is 19.7 Å². The maximum atomic E-state index is 6.21. The van der Waals surface area contributed by atoms with E-state index in [0.29, 0.717) is 29.5 Å². The Morgan fingerprint density at radius 1 is 1.17 bits per heavy atom. The van der Waals surface area contributed by atoms with Crippen LogP contribution in [0.15, 0.2) is 80.2 Å². The van der Waals surface area contributed by atoms with Gasteiger partial charge in [-0.05, 0) is 0 Å². The molecule has 1 aliphatic rings. The van der Waals surface area contributed by atoms with E-state index >= 15 is 0 Å². The van der Waals surface area contributed by atoms with E-state index in [1.807, 2.05) is 0 Å². The van der Waals surface area contributed by atoms with Gasteiger partial charge in [0.05, 0.1) is 0 Å². The Morgan fingerprint density at radius 3 is 2.87 bits per heavy atom. The number of hydrogen-bond acceptors (Lipinski definition) is 2. The molecule has 0 amide bonds. The summed E-state index contributed by atoms with van der Waals surface area (Å²) in [5.74, 6) is 0.889. The first kappa shape index (κ1) is 19.7. The van der Waals surface area contributed by atoms with E-state index in [2.05, 4.69) is 102 Å². The Labute approximate surface area is 188 Å². The van der Waals surface area contributed by atoms with Gasteiger partial charge in [-0.25, -0.2) is 0 Å². The molecule has 0 bridgehead atoms. The molecular weight excluding hydrogens is 502 g/mol. The molecular formula is C25H23N2OSe2+. The molecule has 30 heavy (non-hydrogen) atoms. The van der Waals surface area contributed by atoms with Crippen molar-refractivity contribution in [2.45, 2.75) is 20.4 Å². The first-order valence-corrected chi connectivity index (χ1v) is 13.6. The summed E-state index contributed by atoms with van der Waals surface area (Å²) in [6.45, 7) is 5.18. The molecule has 3 heterocycles. The standard InChI is InChI=1S/C25H23N2OSe2/c1-4-27-22(28-21-12-11-18-7-5-6-8-19(18)24(21)27)13-9-17(2)10-14-23-26(3)20-15-16-29-25(20)30-23/h5-16H,4H2,1-3H3/q+1. The number of benzene rings is 2. The molecule has 0 saturated carbocycles. The summed E-state index contributed by atoms with van der Waals surface area (Å²) in [5.41, 5.74) is 4.75. The second kappa shape index (κ2) is 8.09. The van der Waals surface area contributed by atoms with Crippen molar-refractivity contribution < 1.29 is 8.98 Å². The van der Waals surface area contributed by atoms with Crippen LogP contribution < -0.4 is 12.8 Å². The average Bonchev–Trinajstić information content (AvgIpc) is 3.45. The third-order valence-corrected chi connectivity index (χ3v) is 11.0. The van der Waals surface area contributed by atoms with E-state index < -0.39 is 0 Å². The molecule has 1 aliphatic heterocycles. The SMILES string of the molecule is CC[n+]1c(C=CC(C)=CC=C2[Se]c3[se]ccc3N2C)oc2ccc3ccccc3c21. The first-order chi connectivity index (χ1) is 14.7. The summed E-state index contributed by atoms with van der Waals surface area (Å²) in [5, 5.41) is 2.48. The van der Waals surface area contributed by atoms with E-state index in [1.165, 1.54) is 32.1 Å². The fourth-order valence-electron chi connectivity index (χ4n) is 3.81. The van der Waals surface area contributed by atoms with Crippen LogP contribution >= 0.6 is 0 Å². The van der Waals surface area contributed by atoms with E-state index in [0.717, 1.165) is 18.0 Å². The molecule has 3 nitrogen and oxygen atoms in total. The monoisotopic (exact) mass is 527 g/mol. The second-order valence-electron chi connectivity index (χ2n) is 7.32. The third-order valence-electron chi connectivity index (χ3n) is 5.41. The molecule has 0 spiro atoms. The van der Waals surface area contributed by atoms with Gasteiger partial charge in [-0.1, -0.05) is 6.07 Å². The van der Waals surface area contributed by atoms with Gasteiger partial charge in [0.1, 0.15) is 0 Å². The minimum absolute atomic E-state index is 0.471. The Hall–Kier alpha value is -2.29. The molecule has 0 unspecified atom stereocenters. The van der Waals surface area contributed by atoms with Crippen LogP contribution in [0.3, 0.4) is 0 Å². The van der Waals surface area contributed by atoms with Crippen LogP contribution in [-0.2, 0) is 6.54 Å². The van der Waals surface area contributed by atoms with Crippen LogP contribution in [0.5, 0.6) is 0 Å². The Morgan fingerprint density at radius 2 is 2.03 bits per heavy atom. The molecule has 4 aromatic rings.